The molecule has 2 atom stereocenters. The van der Waals surface area contributed by atoms with Gasteiger partial charge in [-0.1, -0.05) is 30.3 Å². The first-order valence-electron chi connectivity index (χ1n) is 6.07. The molecule has 1 fully saturated rings. The molecule has 0 amide bonds. The van der Waals surface area contributed by atoms with E-state index in [0.29, 0.717) is 5.92 Å². The molecular weight excluding hydrogens is 198 g/mol. The fraction of sp³-hybridized carbons (Fsp3) is 0.571. The fourth-order valence-corrected chi connectivity index (χ4v) is 2.64. The van der Waals surface area contributed by atoms with E-state index in [4.69, 9.17) is 0 Å². The zero-order valence-electron chi connectivity index (χ0n) is 10.2. The highest BCUT2D eigenvalue weighted by Gasteiger charge is 2.35. The summed E-state index contributed by atoms with van der Waals surface area (Å²) in [7, 11) is 2.13. The third-order valence-electron chi connectivity index (χ3n) is 3.78. The first-order valence-corrected chi connectivity index (χ1v) is 6.07. The molecule has 0 radical (unpaired) electrons. The van der Waals surface area contributed by atoms with E-state index in [1.807, 2.05) is 37.3 Å². The molecule has 1 heterocycles. The van der Waals surface area contributed by atoms with Crippen molar-refractivity contribution in [3.05, 3.63) is 35.9 Å². The van der Waals surface area contributed by atoms with Gasteiger partial charge in [0.1, 0.15) is 0 Å². The van der Waals surface area contributed by atoms with Crippen LogP contribution in [0.5, 0.6) is 0 Å². The minimum Gasteiger partial charge on any atom is -0.385 e. The van der Waals surface area contributed by atoms with E-state index >= 15 is 0 Å². The van der Waals surface area contributed by atoms with Gasteiger partial charge < -0.3 is 10.0 Å². The van der Waals surface area contributed by atoms with Crippen molar-refractivity contribution in [1.82, 2.24) is 4.90 Å². The summed E-state index contributed by atoms with van der Waals surface area (Å²) in [5, 5.41) is 10.7. The van der Waals surface area contributed by atoms with Gasteiger partial charge in [-0.25, -0.2) is 0 Å². The van der Waals surface area contributed by atoms with Crippen molar-refractivity contribution in [3.8, 4) is 0 Å². The molecule has 2 rings (SSSR count). The van der Waals surface area contributed by atoms with Gasteiger partial charge in [-0.05, 0) is 38.9 Å². The van der Waals surface area contributed by atoms with Crippen LogP contribution in [0, 0.1) is 5.92 Å². The van der Waals surface area contributed by atoms with Gasteiger partial charge in [-0.2, -0.15) is 0 Å². The monoisotopic (exact) mass is 219 g/mol. The Kier molecular flexibility index (Phi) is 3.31. The molecule has 2 unspecified atom stereocenters. The Bertz CT molecular complexity index is 334. The van der Waals surface area contributed by atoms with E-state index < -0.39 is 5.60 Å². The molecular formula is C14H21NO. The number of aliphatic hydroxyl groups is 1. The van der Waals surface area contributed by atoms with Crippen LogP contribution in [-0.2, 0) is 5.60 Å². The van der Waals surface area contributed by atoms with Crippen LogP contribution in [-0.4, -0.2) is 30.1 Å². The molecule has 0 aliphatic carbocycles. The molecule has 0 aromatic heterocycles. The van der Waals surface area contributed by atoms with Gasteiger partial charge in [0, 0.05) is 12.5 Å². The number of rotatable bonds is 2. The van der Waals surface area contributed by atoms with Gasteiger partial charge in [-0.15, -0.1) is 0 Å². The molecule has 1 aliphatic heterocycles. The maximum absolute atomic E-state index is 10.7. The summed E-state index contributed by atoms with van der Waals surface area (Å²) in [6.07, 6.45) is 2.30. The first-order chi connectivity index (χ1) is 7.60. The average molecular weight is 219 g/mol. The van der Waals surface area contributed by atoms with Crippen molar-refractivity contribution >= 4 is 0 Å². The molecule has 2 nitrogen and oxygen atoms in total. The Morgan fingerprint density at radius 3 is 2.62 bits per heavy atom. The number of benzene rings is 1. The smallest absolute Gasteiger partial charge is 0.0908 e. The minimum atomic E-state index is -0.698. The largest absolute Gasteiger partial charge is 0.385 e. The summed E-state index contributed by atoms with van der Waals surface area (Å²) in [6, 6.07) is 10.0. The average Bonchev–Trinajstić information content (AvgIpc) is 2.30. The fourth-order valence-electron chi connectivity index (χ4n) is 2.64. The normalized spacial score (nSPS) is 26.3. The summed E-state index contributed by atoms with van der Waals surface area (Å²) < 4.78 is 0. The van der Waals surface area contributed by atoms with Crippen molar-refractivity contribution in [2.45, 2.75) is 25.4 Å². The molecule has 16 heavy (non-hydrogen) atoms. The predicted octanol–water partition coefficient (Wildman–Crippen LogP) is 2.24. The lowest BCUT2D eigenvalue weighted by atomic mass is 9.78. The first kappa shape index (κ1) is 11.6. The summed E-state index contributed by atoms with van der Waals surface area (Å²) in [5.74, 6) is 0.341. The molecule has 1 aromatic rings. The highest BCUT2D eigenvalue weighted by molar-refractivity contribution is 5.22. The van der Waals surface area contributed by atoms with Crippen LogP contribution < -0.4 is 0 Å². The predicted molar refractivity (Wildman–Crippen MR) is 66.2 cm³/mol. The molecule has 0 spiro atoms. The third-order valence-corrected chi connectivity index (χ3v) is 3.78. The molecule has 1 aliphatic rings. The highest BCUT2D eigenvalue weighted by atomic mass is 16.3. The summed E-state index contributed by atoms with van der Waals surface area (Å²) >= 11 is 0. The molecule has 1 saturated heterocycles. The summed E-state index contributed by atoms with van der Waals surface area (Å²) in [5.41, 5.74) is 0.339. The number of hydrogen-bond acceptors (Lipinski definition) is 2. The second-order valence-corrected chi connectivity index (χ2v) is 5.11. The Morgan fingerprint density at radius 1 is 1.31 bits per heavy atom. The molecule has 1 N–H and O–H groups in total. The molecule has 0 saturated carbocycles. The SMILES string of the molecule is CN1CCCC(C(C)(O)c2ccccc2)C1. The van der Waals surface area contributed by atoms with Crippen LogP contribution in [0.4, 0.5) is 0 Å². The van der Waals surface area contributed by atoms with Gasteiger partial charge >= 0.3 is 0 Å². The van der Waals surface area contributed by atoms with Crippen LogP contribution in [0.3, 0.4) is 0 Å². The standard InChI is InChI=1S/C14H21NO/c1-14(16,12-7-4-3-5-8-12)13-9-6-10-15(2)11-13/h3-5,7-8,13,16H,6,9-11H2,1-2H3. The van der Waals surface area contributed by atoms with E-state index in [9.17, 15) is 5.11 Å². The van der Waals surface area contributed by atoms with Crippen LogP contribution in [0.15, 0.2) is 30.3 Å². The summed E-state index contributed by atoms with van der Waals surface area (Å²) in [6.45, 7) is 4.09. The maximum atomic E-state index is 10.7. The number of likely N-dealkylation sites (tertiary alicyclic amines) is 1. The number of nitrogens with zero attached hydrogens (tertiary/aromatic N) is 1. The Balaban J connectivity index is 2.18. The number of hydrogen-bond donors (Lipinski definition) is 1. The molecule has 2 heteroatoms. The topological polar surface area (TPSA) is 23.5 Å². The van der Waals surface area contributed by atoms with Gasteiger partial charge in [0.15, 0.2) is 0 Å². The van der Waals surface area contributed by atoms with Crippen molar-refractivity contribution in [3.63, 3.8) is 0 Å². The molecule has 88 valence electrons. The molecule has 1 aromatic carbocycles. The van der Waals surface area contributed by atoms with Crippen LogP contribution >= 0.6 is 0 Å². The Labute approximate surface area is 97.9 Å². The number of piperidine rings is 1. The van der Waals surface area contributed by atoms with Crippen molar-refractivity contribution < 1.29 is 5.11 Å². The van der Waals surface area contributed by atoms with Crippen molar-refractivity contribution in [2.75, 3.05) is 20.1 Å². The van der Waals surface area contributed by atoms with E-state index in [1.54, 1.807) is 0 Å². The van der Waals surface area contributed by atoms with Gasteiger partial charge in [-0.3, -0.25) is 0 Å². The highest BCUT2D eigenvalue weighted by Crippen LogP contribution is 2.34. The van der Waals surface area contributed by atoms with Gasteiger partial charge in [0.2, 0.25) is 0 Å². The second-order valence-electron chi connectivity index (χ2n) is 5.11. The Hall–Kier alpha value is -0.860. The summed E-state index contributed by atoms with van der Waals surface area (Å²) in [4.78, 5) is 2.31. The lowest BCUT2D eigenvalue weighted by molar-refractivity contribution is -0.0340. The maximum Gasteiger partial charge on any atom is 0.0908 e. The Morgan fingerprint density at radius 2 is 2.00 bits per heavy atom. The van der Waals surface area contributed by atoms with Crippen LogP contribution in [0.2, 0.25) is 0 Å². The van der Waals surface area contributed by atoms with Gasteiger partial charge in [0.05, 0.1) is 5.60 Å². The van der Waals surface area contributed by atoms with Crippen molar-refractivity contribution in [2.24, 2.45) is 5.92 Å². The van der Waals surface area contributed by atoms with E-state index in [0.717, 1.165) is 25.1 Å². The quantitative estimate of drug-likeness (QED) is 0.824. The third kappa shape index (κ3) is 2.28. The van der Waals surface area contributed by atoms with E-state index in [2.05, 4.69) is 11.9 Å². The zero-order chi connectivity index (χ0) is 11.6. The van der Waals surface area contributed by atoms with E-state index in [-0.39, 0.29) is 0 Å². The lowest BCUT2D eigenvalue weighted by Gasteiger charge is -2.39. The van der Waals surface area contributed by atoms with Crippen molar-refractivity contribution in [1.29, 1.82) is 0 Å². The lowest BCUT2D eigenvalue weighted by Crippen LogP contribution is -2.43. The minimum absolute atomic E-state index is 0.341. The van der Waals surface area contributed by atoms with Gasteiger partial charge in [0.25, 0.3) is 0 Å². The zero-order valence-corrected chi connectivity index (χ0v) is 10.2. The van der Waals surface area contributed by atoms with E-state index in [1.165, 1.54) is 6.42 Å². The van der Waals surface area contributed by atoms with Crippen LogP contribution in [0.25, 0.3) is 0 Å². The second kappa shape index (κ2) is 4.56. The molecule has 0 bridgehead atoms. The van der Waals surface area contributed by atoms with Crippen LogP contribution in [0.1, 0.15) is 25.3 Å².